The number of hydrogen-bond donors (Lipinski definition) is 1. The lowest BCUT2D eigenvalue weighted by Gasteiger charge is -2.19. The van der Waals surface area contributed by atoms with Crippen LogP contribution in [-0.2, 0) is 12.0 Å². The lowest BCUT2D eigenvalue weighted by molar-refractivity contribution is 0.102. The Morgan fingerprint density at radius 3 is 2.23 bits per heavy atom. The minimum absolute atomic E-state index is 0.106. The third kappa shape index (κ3) is 6.31. The molecule has 3 aromatic rings. The first kappa shape index (κ1) is 22.8. The summed E-state index contributed by atoms with van der Waals surface area (Å²) in [5.41, 5.74) is 2.77. The van der Waals surface area contributed by atoms with Crippen molar-refractivity contribution in [1.82, 2.24) is 4.98 Å². The Balaban J connectivity index is 1.60. The van der Waals surface area contributed by atoms with Crippen LogP contribution in [0.3, 0.4) is 0 Å². The highest BCUT2D eigenvalue weighted by molar-refractivity contribution is 7.13. The van der Waals surface area contributed by atoms with Gasteiger partial charge in [0.05, 0.1) is 11.8 Å². The average molecular weight is 439 g/mol. The van der Waals surface area contributed by atoms with Gasteiger partial charge in [0.15, 0.2) is 0 Å². The molecule has 6 heteroatoms. The highest BCUT2D eigenvalue weighted by atomic mass is 32.1. The summed E-state index contributed by atoms with van der Waals surface area (Å²) >= 11 is 1.35. The summed E-state index contributed by atoms with van der Waals surface area (Å²) in [6, 6.07) is 15.5. The van der Waals surface area contributed by atoms with E-state index in [2.05, 4.69) is 43.2 Å². The highest BCUT2D eigenvalue weighted by Crippen LogP contribution is 2.26. The maximum absolute atomic E-state index is 12.7. The molecule has 0 spiro atoms. The van der Waals surface area contributed by atoms with Crippen LogP contribution in [0.25, 0.3) is 0 Å². The molecule has 1 amide bonds. The van der Waals surface area contributed by atoms with E-state index in [0.29, 0.717) is 22.9 Å². The minimum atomic E-state index is -0.173. The summed E-state index contributed by atoms with van der Waals surface area (Å²) in [6.45, 7) is 12.7. The van der Waals surface area contributed by atoms with Gasteiger partial charge in [-0.3, -0.25) is 4.79 Å². The van der Waals surface area contributed by atoms with Crippen molar-refractivity contribution in [3.05, 3.63) is 69.7 Å². The predicted molar refractivity (Wildman–Crippen MR) is 126 cm³/mol. The maximum Gasteiger partial charge on any atom is 0.267 e. The lowest BCUT2D eigenvalue weighted by atomic mass is 9.87. The van der Waals surface area contributed by atoms with Crippen LogP contribution in [0.1, 0.15) is 60.6 Å². The Hall–Kier alpha value is -2.86. The molecule has 0 unspecified atom stereocenters. The summed E-state index contributed by atoms with van der Waals surface area (Å²) in [7, 11) is 0. The molecular formula is C25H30N2O3S. The van der Waals surface area contributed by atoms with E-state index in [4.69, 9.17) is 9.47 Å². The van der Waals surface area contributed by atoms with E-state index in [1.54, 1.807) is 0 Å². The van der Waals surface area contributed by atoms with E-state index in [-0.39, 0.29) is 17.4 Å². The standard InChI is InChI=1S/C25H30N2O3S/c1-16(2)30-21-13-9-19(10-14-21)27-24(28)23-17(3)26-22(31-23)15-29-20-11-7-18(8-12-20)25(4,5)6/h7-14,16H,15H2,1-6H3,(H,27,28). The molecule has 0 aliphatic heterocycles. The molecule has 0 fully saturated rings. The fourth-order valence-corrected chi connectivity index (χ4v) is 3.87. The SMILES string of the molecule is Cc1nc(COc2ccc(C(C)(C)C)cc2)sc1C(=O)Nc1ccc(OC(C)C)cc1. The van der Waals surface area contributed by atoms with Crippen LogP contribution in [0.2, 0.25) is 0 Å². The summed E-state index contributed by atoms with van der Waals surface area (Å²) in [4.78, 5) is 17.8. The number of hydrogen-bond acceptors (Lipinski definition) is 5. The quantitative estimate of drug-likeness (QED) is 0.466. The first-order chi connectivity index (χ1) is 14.6. The van der Waals surface area contributed by atoms with Crippen molar-refractivity contribution < 1.29 is 14.3 Å². The molecule has 0 radical (unpaired) electrons. The molecule has 3 rings (SSSR count). The monoisotopic (exact) mass is 438 g/mol. The normalized spacial score (nSPS) is 11.5. The summed E-state index contributed by atoms with van der Waals surface area (Å²) in [5.74, 6) is 1.39. The number of aryl methyl sites for hydroxylation is 1. The molecule has 31 heavy (non-hydrogen) atoms. The number of aromatic nitrogens is 1. The van der Waals surface area contributed by atoms with E-state index in [9.17, 15) is 4.79 Å². The van der Waals surface area contributed by atoms with Crippen LogP contribution in [-0.4, -0.2) is 17.0 Å². The van der Waals surface area contributed by atoms with Crippen molar-refractivity contribution in [3.8, 4) is 11.5 Å². The number of carbonyl (C=O) groups is 1. The first-order valence-electron chi connectivity index (χ1n) is 10.4. The Labute approximate surface area is 188 Å². The van der Waals surface area contributed by atoms with E-state index in [1.807, 2.05) is 57.2 Å². The lowest BCUT2D eigenvalue weighted by Crippen LogP contribution is -2.11. The number of ether oxygens (including phenoxy) is 2. The number of thiazole rings is 1. The Bertz CT molecular complexity index is 1020. The molecule has 0 bridgehead atoms. The van der Waals surface area contributed by atoms with Crippen molar-refractivity contribution in [1.29, 1.82) is 0 Å². The molecule has 1 aromatic heterocycles. The number of anilines is 1. The van der Waals surface area contributed by atoms with Crippen molar-refractivity contribution in [2.24, 2.45) is 0 Å². The molecule has 0 saturated carbocycles. The fraction of sp³-hybridized carbons (Fsp3) is 0.360. The van der Waals surface area contributed by atoms with Gasteiger partial charge in [-0.15, -0.1) is 11.3 Å². The fourth-order valence-electron chi connectivity index (χ4n) is 3.00. The summed E-state index contributed by atoms with van der Waals surface area (Å²) < 4.78 is 11.5. The third-order valence-electron chi connectivity index (χ3n) is 4.61. The number of nitrogens with zero attached hydrogens (tertiary/aromatic N) is 1. The Morgan fingerprint density at radius 2 is 1.65 bits per heavy atom. The summed E-state index contributed by atoms with van der Waals surface area (Å²) in [5, 5.41) is 3.69. The number of benzene rings is 2. The van der Waals surface area contributed by atoms with Gasteiger partial charge in [-0.05, 0) is 68.1 Å². The molecule has 0 aliphatic rings. The molecule has 1 N–H and O–H groups in total. The average Bonchev–Trinajstić information content (AvgIpc) is 3.08. The molecule has 0 aliphatic carbocycles. The smallest absolute Gasteiger partial charge is 0.267 e. The van der Waals surface area contributed by atoms with E-state index in [0.717, 1.165) is 16.5 Å². The van der Waals surface area contributed by atoms with Gasteiger partial charge >= 0.3 is 0 Å². The van der Waals surface area contributed by atoms with Crippen molar-refractivity contribution in [2.45, 2.75) is 59.7 Å². The van der Waals surface area contributed by atoms with Gasteiger partial charge in [-0.1, -0.05) is 32.9 Å². The summed E-state index contributed by atoms with van der Waals surface area (Å²) in [6.07, 6.45) is 0.109. The molecule has 0 atom stereocenters. The second kappa shape index (κ2) is 9.52. The van der Waals surface area contributed by atoms with E-state index >= 15 is 0 Å². The number of amides is 1. The topological polar surface area (TPSA) is 60.5 Å². The highest BCUT2D eigenvalue weighted by Gasteiger charge is 2.17. The zero-order chi connectivity index (χ0) is 22.6. The minimum Gasteiger partial charge on any atom is -0.491 e. The first-order valence-corrected chi connectivity index (χ1v) is 11.2. The predicted octanol–water partition coefficient (Wildman–Crippen LogP) is 6.37. The van der Waals surface area contributed by atoms with Crippen LogP contribution in [0.15, 0.2) is 48.5 Å². The van der Waals surface area contributed by atoms with E-state index in [1.165, 1.54) is 16.9 Å². The van der Waals surface area contributed by atoms with Gasteiger partial charge in [-0.2, -0.15) is 0 Å². The van der Waals surface area contributed by atoms with Crippen molar-refractivity contribution in [2.75, 3.05) is 5.32 Å². The second-order valence-electron chi connectivity index (χ2n) is 8.73. The van der Waals surface area contributed by atoms with Gasteiger partial charge in [0.2, 0.25) is 0 Å². The van der Waals surface area contributed by atoms with Gasteiger partial charge in [0.1, 0.15) is 28.0 Å². The van der Waals surface area contributed by atoms with Crippen LogP contribution < -0.4 is 14.8 Å². The largest absolute Gasteiger partial charge is 0.491 e. The maximum atomic E-state index is 12.7. The van der Waals surface area contributed by atoms with E-state index < -0.39 is 0 Å². The number of carbonyl (C=O) groups excluding carboxylic acids is 1. The Morgan fingerprint density at radius 1 is 1.03 bits per heavy atom. The Kier molecular flexibility index (Phi) is 7.01. The molecule has 2 aromatic carbocycles. The van der Waals surface area contributed by atoms with Gasteiger partial charge in [-0.25, -0.2) is 4.98 Å². The number of nitrogens with one attached hydrogen (secondary N) is 1. The number of rotatable bonds is 7. The van der Waals surface area contributed by atoms with Gasteiger partial charge < -0.3 is 14.8 Å². The van der Waals surface area contributed by atoms with Crippen LogP contribution >= 0.6 is 11.3 Å². The molecule has 1 heterocycles. The van der Waals surface area contributed by atoms with Crippen LogP contribution in [0, 0.1) is 6.92 Å². The molecule has 5 nitrogen and oxygen atoms in total. The zero-order valence-corrected chi connectivity index (χ0v) is 19.8. The van der Waals surface area contributed by atoms with Gasteiger partial charge in [0.25, 0.3) is 5.91 Å². The third-order valence-corrected chi connectivity index (χ3v) is 5.74. The van der Waals surface area contributed by atoms with Gasteiger partial charge in [0, 0.05) is 5.69 Å². The zero-order valence-electron chi connectivity index (χ0n) is 19.0. The molecule has 0 saturated heterocycles. The molecule has 164 valence electrons. The second-order valence-corrected chi connectivity index (χ2v) is 9.81. The van der Waals surface area contributed by atoms with Crippen molar-refractivity contribution >= 4 is 22.9 Å². The van der Waals surface area contributed by atoms with Crippen LogP contribution in [0.4, 0.5) is 5.69 Å². The van der Waals surface area contributed by atoms with Crippen LogP contribution in [0.5, 0.6) is 11.5 Å². The van der Waals surface area contributed by atoms with Crippen molar-refractivity contribution in [3.63, 3.8) is 0 Å². The molecular weight excluding hydrogens is 408 g/mol.